The monoisotopic (exact) mass is 677 g/mol. The number of aromatic carboxylic acids is 1. The minimum atomic E-state index is -0.957. The van der Waals surface area contributed by atoms with Gasteiger partial charge in [0.15, 0.2) is 0 Å². The molecule has 4 rings (SSSR count). The summed E-state index contributed by atoms with van der Waals surface area (Å²) in [7, 11) is 0. The minimum absolute atomic E-state index is 0.00824. The van der Waals surface area contributed by atoms with Gasteiger partial charge in [-0.15, -0.1) is 0 Å². The van der Waals surface area contributed by atoms with Gasteiger partial charge in [-0.3, -0.25) is 4.79 Å². The van der Waals surface area contributed by atoms with Crippen LogP contribution in [0.15, 0.2) is 72.9 Å². The number of unbranched alkanes of at least 4 members (excludes halogenated alkanes) is 2. The van der Waals surface area contributed by atoms with E-state index in [2.05, 4.69) is 37.6 Å². The Bertz CT molecular complexity index is 1630. The number of carboxylic acids is 1. The Kier molecular flexibility index (Phi) is 12.9. The lowest BCUT2D eigenvalue weighted by Gasteiger charge is -2.21. The average Bonchev–Trinajstić information content (AvgIpc) is 3.45. The molecule has 9 heteroatoms. The molecule has 3 aromatic carbocycles. The number of imidazole rings is 1. The largest absolute Gasteiger partial charge is 0.489 e. The molecular formula is C38H45Cl2N3O4. The SMILES string of the molecule is CCCCn1cc(-c2ccc(Cl)cc2Cl)nc1[C@H](Cc1ccc(OCc2ccc(C(=O)O)cc2)cc1)NC(=O)CCCCC(C)(C)C. The summed E-state index contributed by atoms with van der Waals surface area (Å²) in [4.78, 5) is 29.5. The van der Waals surface area contributed by atoms with Crippen LogP contribution in [0.5, 0.6) is 5.75 Å². The molecule has 7 nitrogen and oxygen atoms in total. The topological polar surface area (TPSA) is 93.5 Å². The maximum absolute atomic E-state index is 13.3. The van der Waals surface area contributed by atoms with Crippen molar-refractivity contribution in [3.63, 3.8) is 0 Å². The number of hydrogen-bond donors (Lipinski definition) is 2. The quantitative estimate of drug-likeness (QED) is 0.115. The number of aromatic nitrogens is 2. The zero-order valence-electron chi connectivity index (χ0n) is 27.7. The van der Waals surface area contributed by atoms with Crippen molar-refractivity contribution in [2.45, 2.75) is 91.8 Å². The summed E-state index contributed by atoms with van der Waals surface area (Å²) in [5, 5.41) is 13.5. The Hall–Kier alpha value is -3.81. The molecule has 1 amide bonds. The van der Waals surface area contributed by atoms with E-state index in [4.69, 9.17) is 38.0 Å². The van der Waals surface area contributed by atoms with Crippen molar-refractivity contribution in [2.75, 3.05) is 0 Å². The average molecular weight is 679 g/mol. The van der Waals surface area contributed by atoms with Crippen LogP contribution in [0.2, 0.25) is 10.0 Å². The Labute approximate surface area is 288 Å². The molecule has 1 heterocycles. The molecule has 0 saturated carbocycles. The second kappa shape index (κ2) is 16.8. The molecule has 250 valence electrons. The van der Waals surface area contributed by atoms with Crippen LogP contribution in [0.3, 0.4) is 0 Å². The third-order valence-electron chi connectivity index (χ3n) is 7.96. The van der Waals surface area contributed by atoms with Gasteiger partial charge >= 0.3 is 5.97 Å². The third-order valence-corrected chi connectivity index (χ3v) is 8.51. The molecule has 0 unspecified atom stereocenters. The number of carbonyl (C=O) groups is 2. The fourth-order valence-electron chi connectivity index (χ4n) is 5.32. The molecule has 0 bridgehead atoms. The molecule has 2 N–H and O–H groups in total. The lowest BCUT2D eigenvalue weighted by molar-refractivity contribution is -0.122. The number of nitrogens with one attached hydrogen (secondary N) is 1. The predicted octanol–water partition coefficient (Wildman–Crippen LogP) is 9.94. The van der Waals surface area contributed by atoms with Crippen LogP contribution >= 0.6 is 23.2 Å². The molecule has 0 radical (unpaired) electrons. The van der Waals surface area contributed by atoms with Crippen LogP contribution in [0.1, 0.15) is 99.6 Å². The zero-order valence-corrected chi connectivity index (χ0v) is 29.2. The molecule has 0 spiro atoms. The van der Waals surface area contributed by atoms with Crippen LogP contribution in [-0.2, 0) is 24.4 Å². The van der Waals surface area contributed by atoms with Crippen molar-refractivity contribution in [3.05, 3.63) is 105 Å². The summed E-state index contributed by atoms with van der Waals surface area (Å²) >= 11 is 12.8. The third kappa shape index (κ3) is 11.1. The van der Waals surface area contributed by atoms with Gasteiger partial charge in [0.05, 0.1) is 22.3 Å². The van der Waals surface area contributed by atoms with E-state index in [1.165, 1.54) is 0 Å². The Morgan fingerprint density at radius 3 is 2.30 bits per heavy atom. The number of ether oxygens (including phenoxy) is 1. The Balaban J connectivity index is 1.55. The molecule has 1 atom stereocenters. The van der Waals surface area contributed by atoms with Gasteiger partial charge in [0.25, 0.3) is 0 Å². The first-order valence-corrected chi connectivity index (χ1v) is 17.0. The van der Waals surface area contributed by atoms with Gasteiger partial charge in [-0.1, -0.05) is 88.0 Å². The highest BCUT2D eigenvalue weighted by molar-refractivity contribution is 6.36. The van der Waals surface area contributed by atoms with Crippen LogP contribution in [0, 0.1) is 5.41 Å². The van der Waals surface area contributed by atoms with Crippen molar-refractivity contribution in [1.29, 1.82) is 0 Å². The number of halogens is 2. The van der Waals surface area contributed by atoms with Crippen LogP contribution in [0.25, 0.3) is 11.3 Å². The number of carbonyl (C=O) groups excluding carboxylic acids is 1. The van der Waals surface area contributed by atoms with Gasteiger partial charge in [0.2, 0.25) is 5.91 Å². The van der Waals surface area contributed by atoms with E-state index in [1.807, 2.05) is 36.5 Å². The first-order valence-electron chi connectivity index (χ1n) is 16.3. The smallest absolute Gasteiger partial charge is 0.335 e. The molecule has 4 aromatic rings. The minimum Gasteiger partial charge on any atom is -0.489 e. The first-order chi connectivity index (χ1) is 22.4. The van der Waals surface area contributed by atoms with E-state index in [1.54, 1.807) is 36.4 Å². The number of aryl methyl sites for hydroxylation is 1. The predicted molar refractivity (Wildman–Crippen MR) is 189 cm³/mol. The number of hydrogen-bond acceptors (Lipinski definition) is 4. The molecule has 0 saturated heterocycles. The molecule has 0 aliphatic rings. The van der Waals surface area contributed by atoms with E-state index in [0.29, 0.717) is 35.2 Å². The van der Waals surface area contributed by atoms with Gasteiger partial charge in [-0.2, -0.15) is 0 Å². The van der Waals surface area contributed by atoms with Crippen molar-refractivity contribution < 1.29 is 19.4 Å². The second-order valence-electron chi connectivity index (χ2n) is 13.2. The maximum atomic E-state index is 13.3. The van der Waals surface area contributed by atoms with E-state index in [-0.39, 0.29) is 22.9 Å². The second-order valence-corrected chi connectivity index (χ2v) is 14.0. The number of nitrogens with zero attached hydrogens (tertiary/aromatic N) is 2. The molecular weight excluding hydrogens is 633 g/mol. The summed E-state index contributed by atoms with van der Waals surface area (Å²) in [6, 6.07) is 19.5. The molecule has 0 aliphatic heterocycles. The highest BCUT2D eigenvalue weighted by atomic mass is 35.5. The fraction of sp³-hybridized carbons (Fsp3) is 0.395. The van der Waals surface area contributed by atoms with E-state index in [9.17, 15) is 9.59 Å². The fourth-order valence-corrected chi connectivity index (χ4v) is 5.83. The number of amides is 1. The van der Waals surface area contributed by atoms with Gasteiger partial charge in [-0.05, 0) is 84.7 Å². The Morgan fingerprint density at radius 2 is 1.66 bits per heavy atom. The number of benzene rings is 3. The van der Waals surface area contributed by atoms with Crippen LogP contribution < -0.4 is 10.1 Å². The number of carboxylic acid groups (broad SMARTS) is 1. The summed E-state index contributed by atoms with van der Waals surface area (Å²) < 4.78 is 8.10. The zero-order chi connectivity index (χ0) is 34.0. The first kappa shape index (κ1) is 36.0. The molecule has 1 aromatic heterocycles. The van der Waals surface area contributed by atoms with E-state index in [0.717, 1.165) is 66.9 Å². The van der Waals surface area contributed by atoms with Crippen LogP contribution in [-0.4, -0.2) is 26.5 Å². The standard InChI is InChI=1S/C38H45Cl2N3O4/c1-5-6-21-43-24-34(31-19-16-29(39)23-32(31)40)42-36(43)33(41-35(44)9-7-8-20-38(2,3)4)22-26-12-17-30(18-13-26)47-25-27-10-14-28(15-11-27)37(45)46/h10-19,23-24,33H,5-9,20-22,25H2,1-4H3,(H,41,44)(H,45,46)/t33-/m0/s1. The summed E-state index contributed by atoms with van der Waals surface area (Å²) in [5.74, 6) is 0.530. The van der Waals surface area contributed by atoms with E-state index < -0.39 is 5.97 Å². The van der Waals surface area contributed by atoms with Gasteiger partial charge in [-0.25, -0.2) is 9.78 Å². The maximum Gasteiger partial charge on any atom is 0.335 e. The molecule has 0 aliphatic carbocycles. The van der Waals surface area contributed by atoms with Gasteiger partial charge in [0, 0.05) is 29.7 Å². The number of rotatable bonds is 16. The van der Waals surface area contributed by atoms with Crippen molar-refractivity contribution in [1.82, 2.24) is 14.9 Å². The normalized spacial score (nSPS) is 12.1. The highest BCUT2D eigenvalue weighted by Gasteiger charge is 2.23. The van der Waals surface area contributed by atoms with E-state index >= 15 is 0 Å². The summed E-state index contributed by atoms with van der Waals surface area (Å²) in [6.45, 7) is 9.90. The van der Waals surface area contributed by atoms with Crippen molar-refractivity contribution >= 4 is 35.1 Å². The molecule has 0 fully saturated rings. The lowest BCUT2D eigenvalue weighted by Crippen LogP contribution is -2.32. The van der Waals surface area contributed by atoms with Crippen molar-refractivity contribution in [2.24, 2.45) is 5.41 Å². The molecule has 47 heavy (non-hydrogen) atoms. The van der Waals surface area contributed by atoms with Crippen molar-refractivity contribution in [3.8, 4) is 17.0 Å². The summed E-state index contributed by atoms with van der Waals surface area (Å²) in [5.41, 5.74) is 3.91. The van der Waals surface area contributed by atoms with Gasteiger partial charge < -0.3 is 19.7 Å². The highest BCUT2D eigenvalue weighted by Crippen LogP contribution is 2.32. The lowest BCUT2D eigenvalue weighted by atomic mass is 9.89. The summed E-state index contributed by atoms with van der Waals surface area (Å²) in [6.07, 6.45) is 7.90. The Morgan fingerprint density at radius 1 is 0.957 bits per heavy atom. The van der Waals surface area contributed by atoms with Gasteiger partial charge in [0.1, 0.15) is 18.2 Å². The van der Waals surface area contributed by atoms with Crippen LogP contribution in [0.4, 0.5) is 0 Å².